The predicted molar refractivity (Wildman–Crippen MR) is 122 cm³/mol. The molecule has 6 nitrogen and oxygen atoms in total. The Hall–Kier alpha value is -3.28. The van der Waals surface area contributed by atoms with Gasteiger partial charge in [0.25, 0.3) is 0 Å². The molecule has 0 aliphatic heterocycles. The monoisotopic (exact) mass is 405 g/mol. The Labute approximate surface area is 179 Å². The number of guanidine groups is 1. The number of rotatable bonds is 9. The third-order valence-electron chi connectivity index (χ3n) is 5.15. The summed E-state index contributed by atoms with van der Waals surface area (Å²) in [4.78, 5) is 8.44. The van der Waals surface area contributed by atoms with Gasteiger partial charge >= 0.3 is 0 Å². The summed E-state index contributed by atoms with van der Waals surface area (Å²) in [5.74, 6) is 2.17. The first-order chi connectivity index (χ1) is 14.7. The fraction of sp³-hybridized carbons (Fsp3) is 0.333. The van der Waals surface area contributed by atoms with Crippen LogP contribution in [0.15, 0.2) is 72.2 Å². The van der Waals surface area contributed by atoms with Crippen molar-refractivity contribution in [3.8, 4) is 5.75 Å². The van der Waals surface area contributed by atoms with Gasteiger partial charge in [-0.2, -0.15) is 0 Å². The van der Waals surface area contributed by atoms with Crippen molar-refractivity contribution in [1.82, 2.24) is 20.2 Å². The molecule has 158 valence electrons. The van der Waals surface area contributed by atoms with Crippen LogP contribution in [0, 0.1) is 0 Å². The Bertz CT molecular complexity index is 919. The summed E-state index contributed by atoms with van der Waals surface area (Å²) in [6.45, 7) is 4.65. The van der Waals surface area contributed by atoms with Gasteiger partial charge < -0.3 is 19.9 Å². The van der Waals surface area contributed by atoms with Gasteiger partial charge in [0.05, 0.1) is 13.4 Å². The largest absolute Gasteiger partial charge is 0.497 e. The number of aromatic nitrogens is 2. The lowest BCUT2D eigenvalue weighted by atomic mass is 9.98. The van der Waals surface area contributed by atoms with Gasteiger partial charge in [0.15, 0.2) is 5.96 Å². The topological polar surface area (TPSA) is 63.5 Å². The highest BCUT2D eigenvalue weighted by Gasteiger charge is 2.07. The lowest BCUT2D eigenvalue weighted by Crippen LogP contribution is -2.37. The fourth-order valence-electron chi connectivity index (χ4n) is 3.34. The van der Waals surface area contributed by atoms with Crippen LogP contribution in [-0.4, -0.2) is 36.2 Å². The van der Waals surface area contributed by atoms with E-state index in [0.29, 0.717) is 5.92 Å². The molecule has 0 bridgehead atoms. The third kappa shape index (κ3) is 6.37. The zero-order chi connectivity index (χ0) is 21.2. The average molecular weight is 406 g/mol. The zero-order valence-corrected chi connectivity index (χ0v) is 18.0. The molecule has 30 heavy (non-hydrogen) atoms. The molecule has 6 heteroatoms. The SMILES string of the molecule is CN=C(NCCC(C)c1ccc(OC)cc1)NCc1cccc(Cn2ccnc2)c1. The van der Waals surface area contributed by atoms with Crippen LogP contribution >= 0.6 is 0 Å². The molecule has 0 aliphatic carbocycles. The maximum Gasteiger partial charge on any atom is 0.191 e. The molecule has 0 saturated carbocycles. The van der Waals surface area contributed by atoms with E-state index in [2.05, 4.69) is 68.5 Å². The van der Waals surface area contributed by atoms with E-state index in [4.69, 9.17) is 4.74 Å². The number of hydrogen-bond acceptors (Lipinski definition) is 3. The van der Waals surface area contributed by atoms with Crippen molar-refractivity contribution in [3.05, 3.63) is 83.9 Å². The van der Waals surface area contributed by atoms with Crippen LogP contribution in [0.1, 0.15) is 36.0 Å². The summed E-state index contributed by atoms with van der Waals surface area (Å²) in [6.07, 6.45) is 6.64. The van der Waals surface area contributed by atoms with Crippen LogP contribution in [0.25, 0.3) is 0 Å². The first-order valence-electron chi connectivity index (χ1n) is 10.3. The second kappa shape index (κ2) is 11.0. The van der Waals surface area contributed by atoms with E-state index in [9.17, 15) is 0 Å². The molecule has 2 N–H and O–H groups in total. The van der Waals surface area contributed by atoms with Crippen molar-refractivity contribution >= 4 is 5.96 Å². The predicted octanol–water partition coefficient (Wildman–Crippen LogP) is 3.80. The van der Waals surface area contributed by atoms with Crippen molar-refractivity contribution in [2.45, 2.75) is 32.4 Å². The van der Waals surface area contributed by atoms with Gasteiger partial charge in [-0.15, -0.1) is 0 Å². The molecule has 0 aliphatic rings. The van der Waals surface area contributed by atoms with E-state index in [-0.39, 0.29) is 0 Å². The fourth-order valence-corrected chi connectivity index (χ4v) is 3.34. The molecule has 3 aromatic rings. The molecular formula is C24H31N5O. The van der Waals surface area contributed by atoms with Crippen LogP contribution in [0.3, 0.4) is 0 Å². The molecule has 0 amide bonds. The smallest absolute Gasteiger partial charge is 0.191 e. The highest BCUT2D eigenvalue weighted by atomic mass is 16.5. The van der Waals surface area contributed by atoms with Gasteiger partial charge in [-0.1, -0.05) is 43.3 Å². The van der Waals surface area contributed by atoms with Crippen molar-refractivity contribution < 1.29 is 4.74 Å². The standard InChI is InChI=1S/C24H31N5O/c1-19(22-7-9-23(30-3)10-8-22)11-12-27-24(25-2)28-16-20-5-4-6-21(15-20)17-29-14-13-26-18-29/h4-10,13-15,18-19H,11-12,16-17H2,1-3H3,(H2,25,27,28). The number of imidazole rings is 1. The summed E-state index contributed by atoms with van der Waals surface area (Å²) >= 11 is 0. The normalized spacial score (nSPS) is 12.4. The third-order valence-corrected chi connectivity index (χ3v) is 5.15. The lowest BCUT2D eigenvalue weighted by molar-refractivity contribution is 0.414. The Balaban J connectivity index is 1.44. The molecule has 0 radical (unpaired) electrons. The second-order valence-corrected chi connectivity index (χ2v) is 7.37. The molecule has 1 unspecified atom stereocenters. The molecule has 1 atom stereocenters. The van der Waals surface area contributed by atoms with Gasteiger partial charge in [0.2, 0.25) is 0 Å². The maximum atomic E-state index is 5.23. The highest BCUT2D eigenvalue weighted by molar-refractivity contribution is 5.79. The highest BCUT2D eigenvalue weighted by Crippen LogP contribution is 2.21. The summed E-state index contributed by atoms with van der Waals surface area (Å²) in [5.41, 5.74) is 3.79. The van der Waals surface area contributed by atoms with Crippen LogP contribution in [0.5, 0.6) is 5.75 Å². The number of nitrogens with one attached hydrogen (secondary N) is 2. The van der Waals surface area contributed by atoms with Crippen LogP contribution in [0.4, 0.5) is 0 Å². The van der Waals surface area contributed by atoms with Crippen LogP contribution in [-0.2, 0) is 13.1 Å². The summed E-state index contributed by atoms with van der Waals surface area (Å²) in [6, 6.07) is 16.9. The Morgan fingerprint density at radius 1 is 1.13 bits per heavy atom. The molecule has 2 aromatic carbocycles. The van der Waals surface area contributed by atoms with E-state index >= 15 is 0 Å². The first kappa shape index (κ1) is 21.4. The summed E-state index contributed by atoms with van der Waals surface area (Å²) in [5, 5.41) is 6.82. The minimum absolute atomic E-state index is 0.460. The number of hydrogen-bond donors (Lipinski definition) is 2. The number of methoxy groups -OCH3 is 1. The Morgan fingerprint density at radius 2 is 1.93 bits per heavy atom. The van der Waals surface area contributed by atoms with E-state index < -0.39 is 0 Å². The second-order valence-electron chi connectivity index (χ2n) is 7.37. The molecule has 1 heterocycles. The lowest BCUT2D eigenvalue weighted by Gasteiger charge is -2.16. The van der Waals surface area contributed by atoms with Gasteiger partial charge in [0, 0.05) is 39.1 Å². The number of ether oxygens (including phenoxy) is 1. The summed E-state index contributed by atoms with van der Waals surface area (Å²) in [7, 11) is 3.49. The number of benzene rings is 2. The van der Waals surface area contributed by atoms with Gasteiger partial charge in [0.1, 0.15) is 5.75 Å². The van der Waals surface area contributed by atoms with Crippen LogP contribution < -0.4 is 15.4 Å². The summed E-state index contributed by atoms with van der Waals surface area (Å²) < 4.78 is 7.30. The van der Waals surface area contributed by atoms with Gasteiger partial charge in [-0.05, 0) is 41.2 Å². The quantitative estimate of drug-likeness (QED) is 0.420. The minimum atomic E-state index is 0.460. The van der Waals surface area contributed by atoms with Crippen molar-refractivity contribution in [3.63, 3.8) is 0 Å². The van der Waals surface area contributed by atoms with Crippen LogP contribution in [0.2, 0.25) is 0 Å². The van der Waals surface area contributed by atoms with E-state index in [1.54, 1.807) is 20.4 Å². The molecule has 1 aromatic heterocycles. The minimum Gasteiger partial charge on any atom is -0.497 e. The van der Waals surface area contributed by atoms with Crippen molar-refractivity contribution in [2.75, 3.05) is 20.7 Å². The van der Waals surface area contributed by atoms with Gasteiger partial charge in [-0.25, -0.2) is 4.98 Å². The average Bonchev–Trinajstić information content (AvgIpc) is 3.29. The molecule has 3 rings (SSSR count). The van der Waals surface area contributed by atoms with E-state index in [0.717, 1.165) is 37.8 Å². The number of aliphatic imine (C=N–C) groups is 1. The van der Waals surface area contributed by atoms with E-state index in [1.165, 1.54) is 16.7 Å². The number of nitrogens with zero attached hydrogens (tertiary/aromatic N) is 3. The van der Waals surface area contributed by atoms with Crippen molar-refractivity contribution in [1.29, 1.82) is 0 Å². The van der Waals surface area contributed by atoms with Gasteiger partial charge in [-0.3, -0.25) is 4.99 Å². The molecule has 0 spiro atoms. The first-order valence-corrected chi connectivity index (χ1v) is 10.3. The molecule has 0 fully saturated rings. The molecule has 0 saturated heterocycles. The van der Waals surface area contributed by atoms with E-state index in [1.807, 2.05) is 24.7 Å². The van der Waals surface area contributed by atoms with Crippen molar-refractivity contribution in [2.24, 2.45) is 4.99 Å². The zero-order valence-electron chi connectivity index (χ0n) is 18.0. The maximum absolute atomic E-state index is 5.23. The Kier molecular flexibility index (Phi) is 7.89. The Morgan fingerprint density at radius 3 is 2.63 bits per heavy atom. The molecular weight excluding hydrogens is 374 g/mol.